The summed E-state index contributed by atoms with van der Waals surface area (Å²) in [5, 5.41) is 0. The zero-order valence-corrected chi connectivity index (χ0v) is 34.5. The largest absolute Gasteiger partial charge is 0.472 e. The Morgan fingerprint density at radius 2 is 1.12 bits per heavy atom. The molecular weight excluding hydrogens is 665 g/mol. The third kappa shape index (κ3) is 38.0. The van der Waals surface area contributed by atoms with Gasteiger partial charge in [-0.05, 0) is 19.3 Å². The van der Waals surface area contributed by atoms with Crippen molar-refractivity contribution < 1.29 is 42.1 Å². The molecular formula is C41H79NO8P+. The highest BCUT2D eigenvalue weighted by molar-refractivity contribution is 7.47. The van der Waals surface area contributed by atoms with E-state index in [4.69, 9.17) is 18.5 Å². The summed E-state index contributed by atoms with van der Waals surface area (Å²) in [5.74, 6) is -1.05. The van der Waals surface area contributed by atoms with Gasteiger partial charge in [-0.3, -0.25) is 13.8 Å². The Bertz CT molecular complexity index is 933. The van der Waals surface area contributed by atoms with Crippen LogP contribution in [0.25, 0.3) is 0 Å². The Morgan fingerprint density at radius 1 is 0.647 bits per heavy atom. The number of phosphoric ester groups is 1. The SMILES string of the molecule is CCCCCCCCCCCCC/C=C/C=C/C(=O)O[C@H](COC(=O)CCCCCCCCCCCCCC)COP(=O)(O)OCC[N+](C)(C)C. The second-order valence-electron chi connectivity index (χ2n) is 15.1. The maximum atomic E-state index is 12.5. The zero-order chi connectivity index (χ0) is 37.9. The number of hydrogen-bond acceptors (Lipinski definition) is 7. The highest BCUT2D eigenvalue weighted by Gasteiger charge is 2.26. The molecule has 0 saturated carbocycles. The normalized spacial score (nSPS) is 13.9. The molecule has 51 heavy (non-hydrogen) atoms. The van der Waals surface area contributed by atoms with Crippen molar-refractivity contribution in [2.45, 2.75) is 180 Å². The summed E-state index contributed by atoms with van der Waals surface area (Å²) in [4.78, 5) is 35.1. The van der Waals surface area contributed by atoms with Gasteiger partial charge in [0, 0.05) is 12.5 Å². The fourth-order valence-electron chi connectivity index (χ4n) is 5.57. The van der Waals surface area contributed by atoms with E-state index in [-0.39, 0.29) is 19.6 Å². The molecule has 0 fully saturated rings. The Balaban J connectivity index is 4.50. The molecule has 300 valence electrons. The zero-order valence-electron chi connectivity index (χ0n) is 33.6. The smallest absolute Gasteiger partial charge is 0.462 e. The van der Waals surface area contributed by atoms with Crippen LogP contribution in [-0.4, -0.2) is 74.9 Å². The minimum absolute atomic E-state index is 0.0179. The van der Waals surface area contributed by atoms with Gasteiger partial charge in [0.05, 0.1) is 27.7 Å². The average Bonchev–Trinajstić information content (AvgIpc) is 3.07. The summed E-state index contributed by atoms with van der Waals surface area (Å²) >= 11 is 0. The average molecular weight is 745 g/mol. The number of esters is 2. The molecule has 0 saturated heterocycles. The van der Waals surface area contributed by atoms with E-state index in [1.807, 2.05) is 33.3 Å². The van der Waals surface area contributed by atoms with Crippen molar-refractivity contribution in [1.29, 1.82) is 0 Å². The molecule has 0 rings (SSSR count). The number of unbranched alkanes of at least 4 members (excludes halogenated alkanes) is 22. The number of quaternary nitrogens is 1. The maximum Gasteiger partial charge on any atom is 0.472 e. The lowest BCUT2D eigenvalue weighted by Crippen LogP contribution is -2.37. The van der Waals surface area contributed by atoms with Gasteiger partial charge in [-0.15, -0.1) is 0 Å². The standard InChI is InChI=1S/C41H78NO8P/c1-6-8-10-12-14-16-18-20-21-22-24-26-28-30-32-34-41(44)50-39(38-49-51(45,46)48-36-35-42(3,4)5)37-47-40(43)33-31-29-27-25-23-19-17-15-13-11-9-7-2/h28,30,32,34,39H,6-27,29,31,33,35-38H2,1-5H3/p+1/b30-28+,34-32+/t39-/m1/s1. The van der Waals surface area contributed by atoms with E-state index in [1.54, 1.807) is 6.08 Å². The van der Waals surface area contributed by atoms with Crippen molar-refractivity contribution in [3.8, 4) is 0 Å². The van der Waals surface area contributed by atoms with Crippen LogP contribution in [0.4, 0.5) is 0 Å². The predicted molar refractivity (Wildman–Crippen MR) is 211 cm³/mol. The predicted octanol–water partition coefficient (Wildman–Crippen LogP) is 11.2. The van der Waals surface area contributed by atoms with Gasteiger partial charge in [0.25, 0.3) is 0 Å². The number of nitrogens with zero attached hydrogens (tertiary/aromatic N) is 1. The van der Waals surface area contributed by atoms with Gasteiger partial charge in [0.1, 0.15) is 19.8 Å². The topological polar surface area (TPSA) is 108 Å². The van der Waals surface area contributed by atoms with Crippen LogP contribution in [0.3, 0.4) is 0 Å². The lowest BCUT2D eigenvalue weighted by atomic mass is 10.0. The molecule has 0 spiro atoms. The summed E-state index contributed by atoms with van der Waals surface area (Å²) in [6.07, 6.45) is 35.7. The quantitative estimate of drug-likeness (QED) is 0.0167. The number of allylic oxidation sites excluding steroid dienone is 3. The van der Waals surface area contributed by atoms with Gasteiger partial charge in [-0.2, -0.15) is 0 Å². The molecule has 1 N–H and O–H groups in total. The van der Waals surface area contributed by atoms with Crippen LogP contribution < -0.4 is 0 Å². The van der Waals surface area contributed by atoms with Gasteiger partial charge in [-0.1, -0.05) is 167 Å². The van der Waals surface area contributed by atoms with Gasteiger partial charge in [0.2, 0.25) is 0 Å². The van der Waals surface area contributed by atoms with Crippen LogP contribution in [0, 0.1) is 0 Å². The van der Waals surface area contributed by atoms with Crippen LogP contribution in [0.1, 0.15) is 174 Å². The van der Waals surface area contributed by atoms with E-state index < -0.39 is 32.5 Å². The molecule has 0 heterocycles. The van der Waals surface area contributed by atoms with Crippen LogP contribution in [0.2, 0.25) is 0 Å². The lowest BCUT2D eigenvalue weighted by Gasteiger charge is -2.24. The summed E-state index contributed by atoms with van der Waals surface area (Å²) in [7, 11) is 1.43. The van der Waals surface area contributed by atoms with E-state index in [0.29, 0.717) is 11.0 Å². The fourth-order valence-corrected chi connectivity index (χ4v) is 6.31. The van der Waals surface area contributed by atoms with Crippen molar-refractivity contribution >= 4 is 19.8 Å². The van der Waals surface area contributed by atoms with Crippen LogP contribution >= 0.6 is 7.82 Å². The Hall–Kier alpha value is -1.51. The van der Waals surface area contributed by atoms with E-state index >= 15 is 0 Å². The number of likely N-dealkylation sites (N-methyl/N-ethyl adjacent to an activating group) is 1. The molecule has 0 aromatic carbocycles. The number of carbonyl (C=O) groups is 2. The molecule has 0 bridgehead atoms. The molecule has 9 nitrogen and oxygen atoms in total. The van der Waals surface area contributed by atoms with Gasteiger partial charge >= 0.3 is 19.8 Å². The third-order valence-electron chi connectivity index (χ3n) is 8.84. The van der Waals surface area contributed by atoms with Crippen molar-refractivity contribution in [1.82, 2.24) is 0 Å². The molecule has 1 unspecified atom stereocenters. The monoisotopic (exact) mass is 745 g/mol. The number of ether oxygens (including phenoxy) is 2. The Morgan fingerprint density at radius 3 is 1.61 bits per heavy atom. The van der Waals surface area contributed by atoms with Crippen LogP contribution in [0.15, 0.2) is 24.3 Å². The van der Waals surface area contributed by atoms with Gasteiger partial charge < -0.3 is 18.9 Å². The Kier molecular flexibility index (Phi) is 33.3. The molecule has 0 amide bonds. The first-order valence-corrected chi connectivity index (χ1v) is 22.1. The minimum Gasteiger partial charge on any atom is -0.462 e. The van der Waals surface area contributed by atoms with Crippen LogP contribution in [-0.2, 0) is 32.7 Å². The van der Waals surface area contributed by atoms with E-state index in [2.05, 4.69) is 13.8 Å². The minimum atomic E-state index is -4.39. The fraction of sp³-hybridized carbons (Fsp3) is 0.854. The third-order valence-corrected chi connectivity index (χ3v) is 9.83. The number of phosphoric acid groups is 1. The summed E-state index contributed by atoms with van der Waals surface area (Å²) in [6, 6.07) is 0. The van der Waals surface area contributed by atoms with Crippen molar-refractivity contribution in [3.05, 3.63) is 24.3 Å². The van der Waals surface area contributed by atoms with E-state index in [0.717, 1.165) is 32.1 Å². The Labute approximate surface area is 313 Å². The van der Waals surface area contributed by atoms with Gasteiger partial charge in [0.15, 0.2) is 6.10 Å². The maximum absolute atomic E-state index is 12.5. The first kappa shape index (κ1) is 49.5. The lowest BCUT2D eigenvalue weighted by molar-refractivity contribution is -0.870. The van der Waals surface area contributed by atoms with E-state index in [1.165, 1.54) is 128 Å². The molecule has 0 aliphatic rings. The number of hydrogen-bond donors (Lipinski definition) is 1. The summed E-state index contributed by atoms with van der Waals surface area (Å²) in [5.41, 5.74) is 0. The van der Waals surface area contributed by atoms with Crippen molar-refractivity contribution in [3.63, 3.8) is 0 Å². The number of carbonyl (C=O) groups excluding carboxylic acids is 2. The summed E-state index contributed by atoms with van der Waals surface area (Å²) < 4.78 is 34.0. The van der Waals surface area contributed by atoms with E-state index in [9.17, 15) is 19.0 Å². The molecule has 2 atom stereocenters. The van der Waals surface area contributed by atoms with Crippen molar-refractivity contribution in [2.24, 2.45) is 0 Å². The second-order valence-corrected chi connectivity index (χ2v) is 16.6. The first-order chi connectivity index (χ1) is 24.5. The number of rotatable bonds is 37. The molecule has 0 aliphatic carbocycles. The van der Waals surface area contributed by atoms with Crippen molar-refractivity contribution in [2.75, 3.05) is 47.5 Å². The second kappa shape index (κ2) is 34.3. The molecule has 0 aromatic rings. The van der Waals surface area contributed by atoms with Crippen LogP contribution in [0.5, 0.6) is 0 Å². The molecule has 0 aromatic heterocycles. The highest BCUT2D eigenvalue weighted by atomic mass is 31.2. The van der Waals surface area contributed by atoms with Gasteiger partial charge in [-0.25, -0.2) is 9.36 Å². The molecule has 10 heteroatoms. The first-order valence-electron chi connectivity index (χ1n) is 20.6. The molecule has 0 aliphatic heterocycles. The summed E-state index contributed by atoms with van der Waals surface area (Å²) in [6.45, 7) is 4.29. The highest BCUT2D eigenvalue weighted by Crippen LogP contribution is 2.43. The molecule has 0 radical (unpaired) electrons.